The lowest BCUT2D eigenvalue weighted by atomic mass is 10.2. The SMILES string of the molecule is CC(C)CNC(=O)c1c(NC(=O)Cn2cc(C(=O)O)cn2)cnn1C. The molecule has 0 fully saturated rings. The zero-order chi connectivity index (χ0) is 18.6. The summed E-state index contributed by atoms with van der Waals surface area (Å²) in [7, 11) is 1.60. The maximum Gasteiger partial charge on any atom is 0.338 e. The first-order valence-electron chi connectivity index (χ1n) is 7.63. The van der Waals surface area contributed by atoms with Crippen LogP contribution in [0.15, 0.2) is 18.6 Å². The van der Waals surface area contributed by atoms with Crippen molar-refractivity contribution in [3.05, 3.63) is 29.8 Å². The van der Waals surface area contributed by atoms with E-state index in [0.717, 1.165) is 6.20 Å². The van der Waals surface area contributed by atoms with E-state index in [1.54, 1.807) is 7.05 Å². The molecule has 2 aromatic heterocycles. The quantitative estimate of drug-likeness (QED) is 0.661. The number of hydrogen-bond acceptors (Lipinski definition) is 5. The van der Waals surface area contributed by atoms with Crippen molar-refractivity contribution >= 4 is 23.5 Å². The number of amides is 2. The Hall–Kier alpha value is -3.17. The average Bonchev–Trinajstić information content (AvgIpc) is 3.12. The topological polar surface area (TPSA) is 131 Å². The molecule has 2 heterocycles. The Morgan fingerprint density at radius 3 is 2.56 bits per heavy atom. The Morgan fingerprint density at radius 2 is 1.96 bits per heavy atom. The van der Waals surface area contributed by atoms with Crippen LogP contribution in [0.3, 0.4) is 0 Å². The van der Waals surface area contributed by atoms with Crippen LogP contribution in [0.4, 0.5) is 5.69 Å². The highest BCUT2D eigenvalue weighted by atomic mass is 16.4. The van der Waals surface area contributed by atoms with Gasteiger partial charge in [-0.15, -0.1) is 0 Å². The van der Waals surface area contributed by atoms with E-state index < -0.39 is 11.9 Å². The first-order chi connectivity index (χ1) is 11.8. The lowest BCUT2D eigenvalue weighted by Gasteiger charge is -2.10. The number of hydrogen-bond donors (Lipinski definition) is 3. The van der Waals surface area contributed by atoms with Crippen molar-refractivity contribution in [3.63, 3.8) is 0 Å². The first-order valence-corrected chi connectivity index (χ1v) is 7.63. The molecule has 0 aliphatic heterocycles. The van der Waals surface area contributed by atoms with Crippen molar-refractivity contribution in [2.75, 3.05) is 11.9 Å². The van der Waals surface area contributed by atoms with E-state index in [4.69, 9.17) is 5.11 Å². The number of carbonyl (C=O) groups excluding carboxylic acids is 2. The Bertz CT molecular complexity index is 792. The van der Waals surface area contributed by atoms with Crippen LogP contribution in [0.5, 0.6) is 0 Å². The minimum Gasteiger partial charge on any atom is -0.478 e. The molecule has 0 aliphatic carbocycles. The maximum absolute atomic E-state index is 12.3. The van der Waals surface area contributed by atoms with Gasteiger partial charge in [0.2, 0.25) is 5.91 Å². The summed E-state index contributed by atoms with van der Waals surface area (Å²) in [6.07, 6.45) is 3.79. The molecule has 0 aliphatic rings. The fourth-order valence-corrected chi connectivity index (χ4v) is 2.08. The highest BCUT2D eigenvalue weighted by Gasteiger charge is 2.19. The van der Waals surface area contributed by atoms with Gasteiger partial charge in [-0.1, -0.05) is 13.8 Å². The lowest BCUT2D eigenvalue weighted by molar-refractivity contribution is -0.116. The molecule has 2 amide bonds. The zero-order valence-electron chi connectivity index (χ0n) is 14.2. The smallest absolute Gasteiger partial charge is 0.338 e. The highest BCUT2D eigenvalue weighted by molar-refractivity contribution is 6.02. The van der Waals surface area contributed by atoms with Gasteiger partial charge in [-0.3, -0.25) is 19.0 Å². The van der Waals surface area contributed by atoms with Crippen LogP contribution in [0.2, 0.25) is 0 Å². The number of nitrogens with one attached hydrogen (secondary N) is 2. The lowest BCUT2D eigenvalue weighted by Crippen LogP contribution is -2.30. The molecule has 2 aromatic rings. The molecule has 0 unspecified atom stereocenters. The molecule has 0 spiro atoms. The van der Waals surface area contributed by atoms with Crippen molar-refractivity contribution in [2.24, 2.45) is 13.0 Å². The summed E-state index contributed by atoms with van der Waals surface area (Å²) in [6, 6.07) is 0. The standard InChI is InChI=1S/C15H20N6O4/c1-9(2)4-16-14(23)13-11(6-17-20(13)3)19-12(22)8-21-7-10(5-18-21)15(24)25/h5-7,9H,4,8H2,1-3H3,(H,16,23)(H,19,22)(H,24,25). The molecule has 0 atom stereocenters. The van der Waals surface area contributed by atoms with Gasteiger partial charge in [-0.05, 0) is 5.92 Å². The van der Waals surface area contributed by atoms with Gasteiger partial charge in [-0.25, -0.2) is 4.79 Å². The summed E-state index contributed by atoms with van der Waals surface area (Å²) in [5.74, 6) is -1.62. The molecule has 0 radical (unpaired) electrons. The first kappa shape index (κ1) is 18.2. The predicted octanol–water partition coefficient (Wildman–Crippen LogP) is 0.339. The number of carbonyl (C=O) groups is 3. The fraction of sp³-hybridized carbons (Fsp3) is 0.400. The van der Waals surface area contributed by atoms with E-state index in [9.17, 15) is 14.4 Å². The summed E-state index contributed by atoms with van der Waals surface area (Å²) >= 11 is 0. The number of nitrogens with zero attached hydrogens (tertiary/aromatic N) is 4. The van der Waals surface area contributed by atoms with Crippen molar-refractivity contribution < 1.29 is 19.5 Å². The van der Waals surface area contributed by atoms with Crippen molar-refractivity contribution in [2.45, 2.75) is 20.4 Å². The third-order valence-electron chi connectivity index (χ3n) is 3.28. The van der Waals surface area contributed by atoms with Gasteiger partial charge in [0.1, 0.15) is 12.2 Å². The number of aryl methyl sites for hydroxylation is 1. The van der Waals surface area contributed by atoms with Gasteiger partial charge in [0, 0.05) is 19.8 Å². The van der Waals surface area contributed by atoms with E-state index in [1.807, 2.05) is 13.8 Å². The van der Waals surface area contributed by atoms with Crippen LogP contribution < -0.4 is 10.6 Å². The number of aromatic nitrogens is 4. The van der Waals surface area contributed by atoms with Crippen LogP contribution in [0, 0.1) is 5.92 Å². The minimum atomic E-state index is -1.12. The summed E-state index contributed by atoms with van der Waals surface area (Å²) in [4.78, 5) is 35.2. The maximum atomic E-state index is 12.3. The Balaban J connectivity index is 2.05. The van der Waals surface area contributed by atoms with Crippen LogP contribution in [-0.4, -0.2) is 49.0 Å². The molecule has 10 nitrogen and oxygen atoms in total. The molecule has 0 saturated heterocycles. The number of anilines is 1. The normalized spacial score (nSPS) is 10.7. The Morgan fingerprint density at radius 1 is 1.24 bits per heavy atom. The van der Waals surface area contributed by atoms with Crippen LogP contribution in [0.25, 0.3) is 0 Å². The molecule has 0 bridgehead atoms. The van der Waals surface area contributed by atoms with Crippen molar-refractivity contribution in [3.8, 4) is 0 Å². The second-order valence-corrected chi connectivity index (χ2v) is 5.91. The molecule has 2 rings (SSSR count). The fourth-order valence-electron chi connectivity index (χ4n) is 2.08. The van der Waals surface area contributed by atoms with Crippen molar-refractivity contribution in [1.82, 2.24) is 24.9 Å². The van der Waals surface area contributed by atoms with E-state index in [-0.39, 0.29) is 29.4 Å². The summed E-state index contributed by atoms with van der Waals surface area (Å²) in [5.41, 5.74) is 0.503. The largest absolute Gasteiger partial charge is 0.478 e. The summed E-state index contributed by atoms with van der Waals surface area (Å²) < 4.78 is 2.58. The monoisotopic (exact) mass is 348 g/mol. The van der Waals surface area contributed by atoms with Crippen LogP contribution >= 0.6 is 0 Å². The van der Waals surface area contributed by atoms with E-state index in [0.29, 0.717) is 12.5 Å². The number of carboxylic acids is 1. The van der Waals surface area contributed by atoms with Gasteiger partial charge in [0.25, 0.3) is 5.91 Å². The summed E-state index contributed by atoms with van der Waals surface area (Å²) in [6.45, 7) is 4.27. The molecular formula is C15H20N6O4. The third-order valence-corrected chi connectivity index (χ3v) is 3.28. The number of rotatable bonds is 7. The molecule has 134 valence electrons. The molecule has 3 N–H and O–H groups in total. The molecule has 25 heavy (non-hydrogen) atoms. The van der Waals surface area contributed by atoms with Gasteiger partial charge in [0.05, 0.1) is 23.6 Å². The van der Waals surface area contributed by atoms with E-state index in [1.165, 1.54) is 21.8 Å². The van der Waals surface area contributed by atoms with E-state index in [2.05, 4.69) is 20.8 Å². The van der Waals surface area contributed by atoms with Gasteiger partial charge >= 0.3 is 5.97 Å². The van der Waals surface area contributed by atoms with Gasteiger partial charge in [-0.2, -0.15) is 10.2 Å². The molecule has 0 saturated carbocycles. The van der Waals surface area contributed by atoms with Crippen molar-refractivity contribution in [1.29, 1.82) is 0 Å². The zero-order valence-corrected chi connectivity index (χ0v) is 14.2. The molecule has 10 heteroatoms. The molecule has 0 aromatic carbocycles. The predicted molar refractivity (Wildman–Crippen MR) is 88.2 cm³/mol. The number of carboxylic acid groups (broad SMARTS) is 1. The summed E-state index contributed by atoms with van der Waals surface area (Å²) in [5, 5.41) is 22.0. The number of aromatic carboxylic acids is 1. The third kappa shape index (κ3) is 4.66. The Kier molecular flexibility index (Phi) is 5.52. The second-order valence-electron chi connectivity index (χ2n) is 5.91. The minimum absolute atomic E-state index is 0.0112. The average molecular weight is 348 g/mol. The van der Waals surface area contributed by atoms with Gasteiger partial charge in [0.15, 0.2) is 0 Å². The second kappa shape index (κ2) is 7.60. The van der Waals surface area contributed by atoms with Crippen LogP contribution in [-0.2, 0) is 18.4 Å². The molecular weight excluding hydrogens is 328 g/mol. The highest BCUT2D eigenvalue weighted by Crippen LogP contribution is 2.14. The van der Waals surface area contributed by atoms with Crippen LogP contribution in [0.1, 0.15) is 34.7 Å². The Labute approximate surface area is 143 Å². The van der Waals surface area contributed by atoms with Gasteiger partial charge < -0.3 is 15.7 Å². The van der Waals surface area contributed by atoms with E-state index >= 15 is 0 Å².